The van der Waals surface area contributed by atoms with Crippen molar-refractivity contribution in [2.24, 2.45) is 10.8 Å². The summed E-state index contributed by atoms with van der Waals surface area (Å²) < 4.78 is 5.17. The van der Waals surface area contributed by atoms with Gasteiger partial charge in [0.15, 0.2) is 6.61 Å². The lowest BCUT2D eigenvalue weighted by atomic mass is 10.1. The first-order valence-corrected chi connectivity index (χ1v) is 6.82. The van der Waals surface area contributed by atoms with E-state index in [1.54, 1.807) is 49.5 Å². The third kappa shape index (κ3) is 4.92. The number of nitrogens with zero attached hydrogens (tertiary/aromatic N) is 2. The molecule has 2 rings (SSSR count). The molecule has 0 bridgehead atoms. The number of hydrogen-bond donors (Lipinski definition) is 2. The molecule has 0 fully saturated rings. The molecule has 1 heterocycles. The van der Waals surface area contributed by atoms with E-state index in [-0.39, 0.29) is 12.5 Å². The number of hydrogen-bond acceptors (Lipinski definition) is 5. The molecule has 0 aliphatic carbocycles. The summed E-state index contributed by atoms with van der Waals surface area (Å²) in [5.74, 6) is -0.344. The van der Waals surface area contributed by atoms with Gasteiger partial charge in [-0.2, -0.15) is 5.10 Å². The lowest BCUT2D eigenvalue weighted by Crippen LogP contribution is -2.20. The van der Waals surface area contributed by atoms with E-state index in [2.05, 4.69) is 15.5 Å². The van der Waals surface area contributed by atoms with Crippen molar-refractivity contribution >= 4 is 17.5 Å². The van der Waals surface area contributed by atoms with E-state index in [1.807, 2.05) is 0 Å². The molecule has 1 aromatic heterocycles. The largest absolute Gasteiger partial charge is 0.484 e. The summed E-state index contributed by atoms with van der Waals surface area (Å²) in [6, 6.07) is 10.3. The van der Waals surface area contributed by atoms with Crippen LogP contribution in [0.1, 0.15) is 22.8 Å². The maximum Gasteiger partial charge on any atom is 0.272 e. The molecule has 2 amide bonds. The number of nitrogens with one attached hydrogen (secondary N) is 1. The van der Waals surface area contributed by atoms with Crippen LogP contribution in [0.4, 0.5) is 0 Å². The molecule has 0 radical (unpaired) electrons. The second-order valence-corrected chi connectivity index (χ2v) is 4.66. The summed E-state index contributed by atoms with van der Waals surface area (Å²) in [6.07, 6.45) is 3.05. The van der Waals surface area contributed by atoms with Gasteiger partial charge in [-0.3, -0.25) is 14.6 Å². The highest BCUT2D eigenvalue weighted by atomic mass is 16.5. The molecule has 0 aliphatic heterocycles. The van der Waals surface area contributed by atoms with Crippen LogP contribution in [0.15, 0.2) is 53.9 Å². The Bertz CT molecular complexity index is 712. The first-order valence-electron chi connectivity index (χ1n) is 6.82. The summed E-state index contributed by atoms with van der Waals surface area (Å²) >= 11 is 0. The molecule has 7 nitrogen and oxygen atoms in total. The lowest BCUT2D eigenvalue weighted by molar-refractivity contribution is -0.119. The Kier molecular flexibility index (Phi) is 5.40. The number of amides is 2. The number of carbonyl (C=O) groups is 2. The van der Waals surface area contributed by atoms with E-state index < -0.39 is 5.91 Å². The molecular weight excluding hydrogens is 296 g/mol. The zero-order chi connectivity index (χ0) is 16.7. The first-order chi connectivity index (χ1) is 11.1. The number of benzene rings is 1. The second-order valence-electron chi connectivity index (χ2n) is 4.66. The summed E-state index contributed by atoms with van der Waals surface area (Å²) in [4.78, 5) is 26.4. The van der Waals surface area contributed by atoms with E-state index in [0.717, 1.165) is 5.56 Å². The molecule has 23 heavy (non-hydrogen) atoms. The molecule has 3 N–H and O–H groups in total. The Labute approximate surface area is 133 Å². The Morgan fingerprint density at radius 3 is 2.57 bits per heavy atom. The maximum atomic E-state index is 11.9. The highest BCUT2D eigenvalue weighted by Gasteiger charge is 2.05. The van der Waals surface area contributed by atoms with Crippen LogP contribution in [0.5, 0.6) is 5.75 Å². The average Bonchev–Trinajstić information content (AvgIpc) is 2.58. The van der Waals surface area contributed by atoms with E-state index in [1.165, 1.54) is 6.20 Å². The van der Waals surface area contributed by atoms with E-state index in [9.17, 15) is 9.59 Å². The van der Waals surface area contributed by atoms with Crippen molar-refractivity contribution < 1.29 is 14.3 Å². The fraction of sp³-hybridized carbons (Fsp3) is 0.125. The Hall–Kier alpha value is -3.22. The fourth-order valence-corrected chi connectivity index (χ4v) is 1.71. The fourth-order valence-electron chi connectivity index (χ4n) is 1.71. The van der Waals surface area contributed by atoms with Gasteiger partial charge in [-0.25, -0.2) is 5.43 Å². The number of hydrazone groups is 1. The van der Waals surface area contributed by atoms with Crippen molar-refractivity contribution in [3.05, 3.63) is 59.9 Å². The standard InChI is InChI=1S/C16H16N4O3/c1-11(19-20-16(22)13-3-2-8-18-9-13)12-4-6-14(7-5-12)23-10-15(17)21/h2-9H,10H2,1H3,(H2,17,21)(H,20,22). The minimum Gasteiger partial charge on any atom is -0.484 e. The van der Waals surface area contributed by atoms with Gasteiger partial charge in [-0.15, -0.1) is 0 Å². The maximum absolute atomic E-state index is 11.9. The number of nitrogens with two attached hydrogens (primary N) is 1. The normalized spacial score (nSPS) is 10.9. The monoisotopic (exact) mass is 312 g/mol. The molecule has 0 unspecified atom stereocenters. The summed E-state index contributed by atoms with van der Waals surface area (Å²) in [5, 5.41) is 4.05. The van der Waals surface area contributed by atoms with E-state index in [0.29, 0.717) is 17.0 Å². The third-order valence-electron chi connectivity index (χ3n) is 2.90. The summed E-state index contributed by atoms with van der Waals surface area (Å²) in [6.45, 7) is 1.59. The van der Waals surface area contributed by atoms with Crippen molar-refractivity contribution in [2.75, 3.05) is 6.61 Å². The van der Waals surface area contributed by atoms with Gasteiger partial charge in [-0.1, -0.05) is 0 Å². The third-order valence-corrected chi connectivity index (χ3v) is 2.90. The number of pyridine rings is 1. The molecule has 1 aromatic carbocycles. The Morgan fingerprint density at radius 2 is 1.96 bits per heavy atom. The minimum atomic E-state index is -0.537. The van der Waals surface area contributed by atoms with Crippen molar-refractivity contribution in [1.29, 1.82) is 0 Å². The molecule has 0 saturated carbocycles. The second kappa shape index (κ2) is 7.69. The van der Waals surface area contributed by atoms with Crippen molar-refractivity contribution in [1.82, 2.24) is 10.4 Å². The van der Waals surface area contributed by atoms with Gasteiger partial charge < -0.3 is 10.5 Å². The lowest BCUT2D eigenvalue weighted by Gasteiger charge is -2.06. The van der Waals surface area contributed by atoms with Crippen LogP contribution < -0.4 is 15.9 Å². The van der Waals surface area contributed by atoms with Crippen molar-refractivity contribution in [2.45, 2.75) is 6.92 Å². The number of rotatable bonds is 6. The van der Waals surface area contributed by atoms with Gasteiger partial charge in [0.05, 0.1) is 11.3 Å². The van der Waals surface area contributed by atoms with Gasteiger partial charge in [0.2, 0.25) is 0 Å². The van der Waals surface area contributed by atoms with Gasteiger partial charge in [0, 0.05) is 12.4 Å². The average molecular weight is 312 g/mol. The van der Waals surface area contributed by atoms with Crippen molar-refractivity contribution in [3.8, 4) is 5.75 Å². The molecule has 7 heteroatoms. The number of ether oxygens (including phenoxy) is 1. The van der Waals surface area contributed by atoms with Crippen LogP contribution in [0.25, 0.3) is 0 Å². The number of aromatic nitrogens is 1. The van der Waals surface area contributed by atoms with Gasteiger partial charge in [-0.05, 0) is 48.9 Å². The van der Waals surface area contributed by atoms with Crippen LogP contribution in [-0.2, 0) is 4.79 Å². The smallest absolute Gasteiger partial charge is 0.272 e. The van der Waals surface area contributed by atoms with Crippen LogP contribution in [-0.4, -0.2) is 29.1 Å². The predicted octanol–water partition coefficient (Wildman–Crippen LogP) is 1.10. The van der Waals surface area contributed by atoms with Crippen LogP contribution >= 0.6 is 0 Å². The predicted molar refractivity (Wildman–Crippen MR) is 85.0 cm³/mol. The number of carbonyl (C=O) groups excluding carboxylic acids is 2. The summed E-state index contributed by atoms with van der Waals surface area (Å²) in [5.41, 5.74) is 9.34. The van der Waals surface area contributed by atoms with Crippen molar-refractivity contribution in [3.63, 3.8) is 0 Å². The number of primary amides is 1. The topological polar surface area (TPSA) is 107 Å². The molecule has 0 atom stereocenters. The minimum absolute atomic E-state index is 0.173. The molecular formula is C16H16N4O3. The molecule has 0 spiro atoms. The first kappa shape index (κ1) is 16.2. The SMILES string of the molecule is CC(=NNC(=O)c1cccnc1)c1ccc(OCC(N)=O)cc1. The van der Waals surface area contributed by atoms with Crippen LogP contribution in [0.3, 0.4) is 0 Å². The quantitative estimate of drug-likeness (QED) is 0.615. The highest BCUT2D eigenvalue weighted by molar-refractivity contribution is 6.00. The zero-order valence-corrected chi connectivity index (χ0v) is 12.5. The molecule has 0 saturated heterocycles. The molecule has 118 valence electrons. The van der Waals surface area contributed by atoms with Crippen LogP contribution in [0, 0.1) is 0 Å². The van der Waals surface area contributed by atoms with Gasteiger partial charge in [0.25, 0.3) is 11.8 Å². The highest BCUT2D eigenvalue weighted by Crippen LogP contribution is 2.12. The zero-order valence-electron chi connectivity index (χ0n) is 12.5. The molecule has 0 aliphatic rings. The van der Waals surface area contributed by atoms with E-state index >= 15 is 0 Å². The van der Waals surface area contributed by atoms with Gasteiger partial charge >= 0.3 is 0 Å². The summed E-state index contributed by atoms with van der Waals surface area (Å²) in [7, 11) is 0. The van der Waals surface area contributed by atoms with E-state index in [4.69, 9.17) is 10.5 Å². The van der Waals surface area contributed by atoms with Crippen LogP contribution in [0.2, 0.25) is 0 Å². The Balaban J connectivity index is 1.98. The van der Waals surface area contributed by atoms with Gasteiger partial charge in [0.1, 0.15) is 5.75 Å². The Morgan fingerprint density at radius 1 is 1.22 bits per heavy atom. The molecule has 2 aromatic rings.